The first kappa shape index (κ1) is 24.7. The zero-order valence-corrected chi connectivity index (χ0v) is 22.2. The number of likely N-dealkylation sites (tertiary alicyclic amines) is 1. The lowest BCUT2D eigenvalue weighted by atomic mass is 9.90. The maximum Gasteiger partial charge on any atom is 0.0730 e. The van der Waals surface area contributed by atoms with Gasteiger partial charge in [-0.1, -0.05) is 84.4 Å². The first-order chi connectivity index (χ1) is 18.7. The highest BCUT2D eigenvalue weighted by Gasteiger charge is 2.20. The van der Waals surface area contributed by atoms with Gasteiger partial charge in [0.15, 0.2) is 0 Å². The summed E-state index contributed by atoms with van der Waals surface area (Å²) >= 11 is 6.28. The van der Waals surface area contributed by atoms with Crippen LogP contribution in [0.1, 0.15) is 24.0 Å². The lowest BCUT2D eigenvalue weighted by Gasteiger charge is -2.32. The normalized spacial score (nSPS) is 14.6. The van der Waals surface area contributed by atoms with Crippen LogP contribution in [0.25, 0.3) is 22.2 Å². The van der Waals surface area contributed by atoms with E-state index in [1.807, 2.05) is 24.3 Å². The molecule has 1 fully saturated rings. The Hall–Kier alpha value is -3.66. The fourth-order valence-electron chi connectivity index (χ4n) is 5.53. The molecule has 5 aromatic rings. The molecule has 4 heteroatoms. The van der Waals surface area contributed by atoms with Crippen molar-refractivity contribution in [2.24, 2.45) is 5.92 Å². The molecule has 0 radical (unpaired) electrons. The van der Waals surface area contributed by atoms with Crippen LogP contribution < -0.4 is 5.32 Å². The van der Waals surface area contributed by atoms with Crippen LogP contribution >= 0.6 is 11.6 Å². The summed E-state index contributed by atoms with van der Waals surface area (Å²) in [5, 5.41) is 5.52. The fraction of sp³-hybridized carbons (Fsp3) is 0.206. The average molecular weight is 518 g/mol. The van der Waals surface area contributed by atoms with E-state index in [0.29, 0.717) is 5.02 Å². The molecule has 0 amide bonds. The van der Waals surface area contributed by atoms with Gasteiger partial charge in [-0.05, 0) is 85.8 Å². The maximum absolute atomic E-state index is 6.28. The van der Waals surface area contributed by atoms with E-state index in [-0.39, 0.29) is 0 Å². The van der Waals surface area contributed by atoms with Gasteiger partial charge in [-0.15, -0.1) is 0 Å². The van der Waals surface area contributed by atoms with E-state index in [1.54, 1.807) is 0 Å². The molecule has 2 heterocycles. The summed E-state index contributed by atoms with van der Waals surface area (Å²) in [7, 11) is 0. The topological polar surface area (TPSA) is 28.2 Å². The van der Waals surface area contributed by atoms with Crippen molar-refractivity contribution in [1.82, 2.24) is 9.88 Å². The molecule has 0 bridgehead atoms. The summed E-state index contributed by atoms with van der Waals surface area (Å²) in [6.07, 6.45) is 3.63. The summed E-state index contributed by atoms with van der Waals surface area (Å²) in [5.74, 6) is 0.730. The third-order valence-corrected chi connectivity index (χ3v) is 7.76. The second kappa shape index (κ2) is 11.4. The van der Waals surface area contributed by atoms with E-state index in [1.165, 1.54) is 37.1 Å². The van der Waals surface area contributed by atoms with Gasteiger partial charge in [0.2, 0.25) is 0 Å². The Labute approximate surface area is 230 Å². The van der Waals surface area contributed by atoms with Crippen LogP contribution in [-0.4, -0.2) is 23.0 Å². The minimum Gasteiger partial charge on any atom is -0.355 e. The Balaban J connectivity index is 1.16. The number of anilines is 2. The smallest absolute Gasteiger partial charge is 0.0730 e. The number of hydrogen-bond acceptors (Lipinski definition) is 3. The van der Waals surface area contributed by atoms with Crippen molar-refractivity contribution < 1.29 is 0 Å². The van der Waals surface area contributed by atoms with Crippen molar-refractivity contribution in [3.8, 4) is 11.3 Å². The Morgan fingerprint density at radius 3 is 2.37 bits per heavy atom. The molecule has 1 aromatic heterocycles. The van der Waals surface area contributed by atoms with E-state index < -0.39 is 0 Å². The molecule has 190 valence electrons. The number of halogens is 1. The number of pyridine rings is 1. The molecular weight excluding hydrogens is 486 g/mol. The largest absolute Gasteiger partial charge is 0.355 e. The average Bonchev–Trinajstić information content (AvgIpc) is 2.95. The van der Waals surface area contributed by atoms with Crippen molar-refractivity contribution in [3.63, 3.8) is 0 Å². The predicted octanol–water partition coefficient (Wildman–Crippen LogP) is 8.75. The minimum atomic E-state index is 0.713. The molecule has 0 aliphatic carbocycles. The van der Waals surface area contributed by atoms with Crippen LogP contribution in [0.15, 0.2) is 109 Å². The quantitative estimate of drug-likeness (QED) is 0.234. The van der Waals surface area contributed by atoms with Crippen molar-refractivity contribution in [1.29, 1.82) is 0 Å². The van der Waals surface area contributed by atoms with E-state index in [4.69, 9.17) is 16.6 Å². The third-order valence-electron chi connectivity index (χ3n) is 7.52. The highest BCUT2D eigenvalue weighted by Crippen LogP contribution is 2.32. The number of fused-ring (bicyclic) bond motifs is 1. The molecule has 1 saturated heterocycles. The van der Waals surface area contributed by atoms with Crippen LogP contribution in [0.3, 0.4) is 0 Å². The van der Waals surface area contributed by atoms with Gasteiger partial charge in [0, 0.05) is 28.2 Å². The van der Waals surface area contributed by atoms with Crippen LogP contribution in [-0.2, 0) is 13.0 Å². The second-order valence-corrected chi connectivity index (χ2v) is 10.8. The molecule has 0 spiro atoms. The Morgan fingerprint density at radius 1 is 0.763 bits per heavy atom. The third kappa shape index (κ3) is 5.91. The first-order valence-electron chi connectivity index (χ1n) is 13.5. The molecule has 0 saturated carbocycles. The van der Waals surface area contributed by atoms with Crippen LogP contribution in [0, 0.1) is 5.92 Å². The molecule has 0 atom stereocenters. The van der Waals surface area contributed by atoms with Crippen LogP contribution in [0.4, 0.5) is 11.4 Å². The van der Waals surface area contributed by atoms with Gasteiger partial charge in [-0.2, -0.15) is 0 Å². The summed E-state index contributed by atoms with van der Waals surface area (Å²) in [6, 6.07) is 38.0. The number of nitrogens with zero attached hydrogens (tertiary/aromatic N) is 2. The number of para-hydroxylation sites is 1. The highest BCUT2D eigenvalue weighted by molar-refractivity contribution is 6.30. The number of benzene rings is 4. The van der Waals surface area contributed by atoms with E-state index >= 15 is 0 Å². The number of aromatic nitrogens is 1. The van der Waals surface area contributed by atoms with E-state index in [2.05, 4.69) is 95.1 Å². The van der Waals surface area contributed by atoms with Crippen molar-refractivity contribution in [2.75, 3.05) is 18.4 Å². The van der Waals surface area contributed by atoms with Crippen molar-refractivity contribution >= 4 is 33.9 Å². The molecule has 6 rings (SSSR count). The molecule has 38 heavy (non-hydrogen) atoms. The van der Waals surface area contributed by atoms with Gasteiger partial charge in [0.25, 0.3) is 0 Å². The molecule has 1 aliphatic rings. The van der Waals surface area contributed by atoms with E-state index in [9.17, 15) is 0 Å². The SMILES string of the molecule is Clc1cccc(-c2cc(Nc3cccc(CC4CCN(Cc5ccccc5)CC4)c3)c3ccccc3n2)c1. The predicted molar refractivity (Wildman–Crippen MR) is 160 cm³/mol. The maximum atomic E-state index is 6.28. The lowest BCUT2D eigenvalue weighted by molar-refractivity contribution is 0.177. The molecule has 1 N–H and O–H groups in total. The van der Waals surface area contributed by atoms with Crippen LogP contribution in [0.5, 0.6) is 0 Å². The number of nitrogens with one attached hydrogen (secondary N) is 1. The summed E-state index contributed by atoms with van der Waals surface area (Å²) in [5.41, 5.74) is 7.85. The Morgan fingerprint density at radius 2 is 1.53 bits per heavy atom. The van der Waals surface area contributed by atoms with Gasteiger partial charge in [0.1, 0.15) is 0 Å². The molecule has 4 aromatic carbocycles. The molecule has 3 nitrogen and oxygen atoms in total. The van der Waals surface area contributed by atoms with Gasteiger partial charge in [-0.3, -0.25) is 4.90 Å². The monoisotopic (exact) mass is 517 g/mol. The minimum absolute atomic E-state index is 0.713. The number of rotatable bonds is 7. The fourth-order valence-corrected chi connectivity index (χ4v) is 5.72. The van der Waals surface area contributed by atoms with Crippen LogP contribution in [0.2, 0.25) is 5.02 Å². The summed E-state index contributed by atoms with van der Waals surface area (Å²) in [6.45, 7) is 3.41. The van der Waals surface area contributed by atoms with Crippen molar-refractivity contribution in [3.05, 3.63) is 125 Å². The Bertz CT molecular complexity index is 1520. The van der Waals surface area contributed by atoms with Gasteiger partial charge < -0.3 is 5.32 Å². The second-order valence-electron chi connectivity index (χ2n) is 10.3. The molecular formula is C34H32ClN3. The number of piperidine rings is 1. The molecule has 1 aliphatic heterocycles. The van der Waals surface area contributed by atoms with Gasteiger partial charge in [-0.25, -0.2) is 4.98 Å². The number of hydrogen-bond donors (Lipinski definition) is 1. The standard InChI is InChI=1S/C34H32ClN3/c35-29-12-7-11-28(22-29)33-23-34(31-14-4-5-15-32(31)37-33)36-30-13-6-10-27(21-30)20-25-16-18-38(19-17-25)24-26-8-2-1-3-9-26/h1-15,21-23,25H,16-20,24H2,(H,36,37). The zero-order chi connectivity index (χ0) is 25.7. The summed E-state index contributed by atoms with van der Waals surface area (Å²) in [4.78, 5) is 7.51. The lowest BCUT2D eigenvalue weighted by Crippen LogP contribution is -2.33. The van der Waals surface area contributed by atoms with E-state index in [0.717, 1.165) is 52.4 Å². The van der Waals surface area contributed by atoms with Gasteiger partial charge >= 0.3 is 0 Å². The summed E-state index contributed by atoms with van der Waals surface area (Å²) < 4.78 is 0. The Kier molecular flexibility index (Phi) is 7.39. The zero-order valence-electron chi connectivity index (χ0n) is 21.5. The van der Waals surface area contributed by atoms with Crippen molar-refractivity contribution in [2.45, 2.75) is 25.8 Å². The van der Waals surface area contributed by atoms with Gasteiger partial charge in [0.05, 0.1) is 16.9 Å². The molecule has 0 unspecified atom stereocenters. The first-order valence-corrected chi connectivity index (χ1v) is 13.9. The highest BCUT2D eigenvalue weighted by atomic mass is 35.5.